The highest BCUT2D eigenvalue weighted by atomic mass is 35.5. The minimum atomic E-state index is -0.285. The van der Waals surface area contributed by atoms with Crippen LogP contribution in [0.5, 0.6) is 17.2 Å². The van der Waals surface area contributed by atoms with Gasteiger partial charge in [0.15, 0.2) is 11.5 Å². The third-order valence-corrected chi connectivity index (χ3v) is 8.93. The average molecular weight is 659 g/mol. The summed E-state index contributed by atoms with van der Waals surface area (Å²) in [7, 11) is 0. The second-order valence-corrected chi connectivity index (χ2v) is 11.8. The first kappa shape index (κ1) is 30.8. The van der Waals surface area contributed by atoms with Crippen LogP contribution in [0.15, 0.2) is 116 Å². The highest BCUT2D eigenvalue weighted by Crippen LogP contribution is 2.42. The number of ether oxygens (including phenoxy) is 2. The van der Waals surface area contributed by atoms with Crippen molar-refractivity contribution >= 4 is 41.1 Å². The molecule has 48 heavy (non-hydrogen) atoms. The lowest BCUT2D eigenvalue weighted by atomic mass is 9.93. The molecule has 0 spiro atoms. The molecule has 2 amide bonds. The summed E-state index contributed by atoms with van der Waals surface area (Å²) in [4.78, 5) is 36.8. The number of aromatic nitrogens is 2. The number of hydrogen-bond donors (Lipinski definition) is 1. The number of benzene rings is 3. The van der Waals surface area contributed by atoms with Gasteiger partial charge in [0, 0.05) is 42.4 Å². The summed E-state index contributed by atoms with van der Waals surface area (Å²) in [5, 5.41) is 9.96. The zero-order valence-electron chi connectivity index (χ0n) is 25.9. The molecule has 1 atom stereocenters. The van der Waals surface area contributed by atoms with Crippen LogP contribution in [-0.2, 0) is 13.0 Å². The summed E-state index contributed by atoms with van der Waals surface area (Å²) in [6.45, 7) is 2.63. The quantitative estimate of drug-likeness (QED) is 0.207. The number of pyridine rings is 2. The molecule has 10 heteroatoms. The van der Waals surface area contributed by atoms with Crippen molar-refractivity contribution in [2.24, 2.45) is 0 Å². The molecule has 0 fully saturated rings. The Balaban J connectivity index is 0.00000364. The smallest absolute Gasteiger partial charge is 0.265 e. The molecule has 240 valence electrons. The summed E-state index contributed by atoms with van der Waals surface area (Å²) in [5.41, 5.74) is 6.44. The minimum Gasteiger partial charge on any atom is -0.508 e. The molecule has 0 bridgehead atoms. The summed E-state index contributed by atoms with van der Waals surface area (Å²) in [6.07, 6.45) is 5.90. The first-order valence-corrected chi connectivity index (χ1v) is 15.4. The van der Waals surface area contributed by atoms with Gasteiger partial charge in [0.25, 0.3) is 11.8 Å². The molecule has 0 saturated carbocycles. The van der Waals surface area contributed by atoms with Crippen molar-refractivity contribution in [3.63, 3.8) is 0 Å². The molecule has 3 aromatic carbocycles. The number of amides is 2. The maximum absolute atomic E-state index is 14.6. The van der Waals surface area contributed by atoms with Crippen LogP contribution in [0.2, 0.25) is 0 Å². The van der Waals surface area contributed by atoms with E-state index in [1.807, 2.05) is 58.0 Å². The lowest BCUT2D eigenvalue weighted by Gasteiger charge is -2.35. The number of nitrogens with zero attached hydrogens (tertiary/aromatic N) is 4. The molecule has 5 heterocycles. The van der Waals surface area contributed by atoms with Crippen molar-refractivity contribution in [1.82, 2.24) is 14.3 Å². The fraction of sp³-hybridized carbons (Fsp3) is 0.132. The van der Waals surface area contributed by atoms with Crippen LogP contribution in [0.1, 0.15) is 38.8 Å². The predicted molar refractivity (Wildman–Crippen MR) is 184 cm³/mol. The Morgan fingerprint density at radius 2 is 1.52 bits per heavy atom. The van der Waals surface area contributed by atoms with E-state index in [0.29, 0.717) is 57.3 Å². The average Bonchev–Trinajstić information content (AvgIpc) is 3.73. The lowest BCUT2D eigenvalue weighted by Crippen LogP contribution is -2.42. The zero-order chi connectivity index (χ0) is 32.1. The maximum atomic E-state index is 14.6. The fourth-order valence-electron chi connectivity index (χ4n) is 6.57. The number of aromatic hydroxyl groups is 1. The van der Waals surface area contributed by atoms with Gasteiger partial charge in [-0.3, -0.25) is 19.5 Å². The maximum Gasteiger partial charge on any atom is 0.265 e. The second-order valence-electron chi connectivity index (χ2n) is 11.8. The van der Waals surface area contributed by atoms with Gasteiger partial charge in [0.2, 0.25) is 6.79 Å². The van der Waals surface area contributed by atoms with Crippen molar-refractivity contribution in [3.05, 3.63) is 138 Å². The number of carbonyl (C=O) groups excluding carboxylic acids is 2. The largest absolute Gasteiger partial charge is 0.508 e. The van der Waals surface area contributed by atoms with Crippen LogP contribution >= 0.6 is 12.4 Å². The molecule has 8 rings (SSSR count). The summed E-state index contributed by atoms with van der Waals surface area (Å²) in [6, 6.07) is 29.3. The molecule has 6 aromatic rings. The van der Waals surface area contributed by atoms with E-state index >= 15 is 0 Å². The van der Waals surface area contributed by atoms with Gasteiger partial charge in [-0.2, -0.15) is 0 Å². The molecule has 0 unspecified atom stereocenters. The number of rotatable bonds is 5. The Kier molecular flexibility index (Phi) is 7.98. The molecular formula is C38H31ClN4O5. The van der Waals surface area contributed by atoms with Gasteiger partial charge in [-0.1, -0.05) is 30.3 Å². The lowest BCUT2D eigenvalue weighted by molar-refractivity contribution is 0.0658. The zero-order valence-corrected chi connectivity index (χ0v) is 26.8. The number of phenols is 1. The van der Waals surface area contributed by atoms with Gasteiger partial charge in [0.1, 0.15) is 5.75 Å². The number of halogens is 1. The molecule has 0 radical (unpaired) electrons. The first-order valence-electron chi connectivity index (χ1n) is 15.4. The molecular weight excluding hydrogens is 628 g/mol. The van der Waals surface area contributed by atoms with Crippen molar-refractivity contribution in [2.75, 3.05) is 11.7 Å². The van der Waals surface area contributed by atoms with Gasteiger partial charge >= 0.3 is 0 Å². The van der Waals surface area contributed by atoms with Crippen molar-refractivity contribution in [2.45, 2.75) is 25.9 Å². The summed E-state index contributed by atoms with van der Waals surface area (Å²) in [5.74, 6) is 0.734. The summed E-state index contributed by atoms with van der Waals surface area (Å²) < 4.78 is 13.4. The van der Waals surface area contributed by atoms with Gasteiger partial charge in [-0.05, 0) is 91.2 Å². The van der Waals surface area contributed by atoms with Crippen molar-refractivity contribution in [1.29, 1.82) is 0 Å². The van der Waals surface area contributed by atoms with Crippen molar-refractivity contribution in [3.8, 4) is 28.5 Å². The van der Waals surface area contributed by atoms with E-state index in [1.54, 1.807) is 59.8 Å². The Labute approximate surface area is 283 Å². The number of fused-ring (bicyclic) bond motifs is 3. The number of anilines is 2. The second kappa shape index (κ2) is 12.4. The van der Waals surface area contributed by atoms with Gasteiger partial charge in [-0.15, -0.1) is 12.4 Å². The van der Waals surface area contributed by atoms with E-state index in [4.69, 9.17) is 9.47 Å². The van der Waals surface area contributed by atoms with Crippen LogP contribution in [0.25, 0.3) is 16.8 Å². The van der Waals surface area contributed by atoms with Crippen LogP contribution in [0, 0.1) is 0 Å². The third kappa shape index (κ3) is 5.28. The van der Waals surface area contributed by atoms with Crippen molar-refractivity contribution < 1.29 is 24.2 Å². The molecule has 2 aliphatic rings. The van der Waals surface area contributed by atoms with E-state index < -0.39 is 0 Å². The minimum absolute atomic E-state index is 0. The predicted octanol–water partition coefficient (Wildman–Crippen LogP) is 7.42. The monoisotopic (exact) mass is 658 g/mol. The van der Waals surface area contributed by atoms with E-state index in [-0.39, 0.29) is 42.8 Å². The van der Waals surface area contributed by atoms with Crippen LogP contribution in [0.4, 0.5) is 11.4 Å². The van der Waals surface area contributed by atoms with E-state index in [1.165, 1.54) is 5.56 Å². The third-order valence-electron chi connectivity index (χ3n) is 8.93. The standard InChI is InChI=1S/C38H30N4O5.ClH/c1-24-18-25-6-2-3-7-26(25)22-41(24)37(44)31-21-36-35(46-23-47-36)20-30(31)34-19-32(33-8-4-5-17-40(33)34)38(45)42(28-13-15-39-16-14-28)27-9-11-29(43)12-10-27;/h2-17,19-21,24,43H,18,22-23H2,1H3;1H/t24-;/m1./s1. The van der Waals surface area contributed by atoms with Gasteiger partial charge in [0.05, 0.1) is 28.0 Å². The fourth-order valence-corrected chi connectivity index (χ4v) is 6.57. The molecule has 0 aliphatic carbocycles. The Hall–Kier alpha value is -5.80. The van der Waals surface area contributed by atoms with Crippen LogP contribution in [0.3, 0.4) is 0 Å². The van der Waals surface area contributed by atoms with Gasteiger partial charge < -0.3 is 23.9 Å². The molecule has 9 nitrogen and oxygen atoms in total. The van der Waals surface area contributed by atoms with Crippen LogP contribution in [-0.4, -0.2) is 44.0 Å². The van der Waals surface area contributed by atoms with E-state index in [2.05, 4.69) is 24.0 Å². The highest BCUT2D eigenvalue weighted by Gasteiger charge is 2.32. The van der Waals surface area contributed by atoms with Gasteiger partial charge in [-0.25, -0.2) is 0 Å². The Bertz CT molecular complexity index is 2170. The number of hydrogen-bond acceptors (Lipinski definition) is 6. The van der Waals surface area contributed by atoms with E-state index in [0.717, 1.165) is 12.0 Å². The Morgan fingerprint density at radius 3 is 2.29 bits per heavy atom. The normalized spacial score (nSPS) is 14.7. The number of phenolic OH excluding ortho intramolecular Hbond substituents is 1. The highest BCUT2D eigenvalue weighted by molar-refractivity contribution is 6.15. The summed E-state index contributed by atoms with van der Waals surface area (Å²) >= 11 is 0. The molecule has 2 aliphatic heterocycles. The van der Waals surface area contributed by atoms with E-state index in [9.17, 15) is 14.7 Å². The molecule has 1 N–H and O–H groups in total. The first-order chi connectivity index (χ1) is 23.0. The SMILES string of the molecule is C[C@@H]1Cc2ccccc2CN1C(=O)c1cc2c(cc1-c1cc(C(=O)N(c3ccncc3)c3ccc(O)cc3)c3ccccn13)OCO2.Cl. The van der Waals surface area contributed by atoms with Crippen LogP contribution < -0.4 is 14.4 Å². The number of carbonyl (C=O) groups is 2. The molecule has 3 aromatic heterocycles. The topological polar surface area (TPSA) is 96.6 Å². The Morgan fingerprint density at radius 1 is 0.833 bits per heavy atom. The molecule has 0 saturated heterocycles.